The van der Waals surface area contributed by atoms with Crippen LogP contribution >= 0.6 is 35.6 Å². The lowest BCUT2D eigenvalue weighted by atomic mass is 10.1. The largest absolute Gasteiger partial charge is 0.489 e. The Hall–Kier alpha value is -1.26. The molecule has 152 valence electrons. The Bertz CT molecular complexity index is 624. The predicted octanol–water partition coefficient (Wildman–Crippen LogP) is 1.84. The second-order valence-corrected chi connectivity index (χ2v) is 6.94. The summed E-state index contributed by atoms with van der Waals surface area (Å²) in [4.78, 5) is 17.3. The highest BCUT2D eigenvalue weighted by atomic mass is 127. The van der Waals surface area contributed by atoms with Gasteiger partial charge in [-0.2, -0.15) is 0 Å². The number of nitrogens with two attached hydrogens (primary N) is 1. The highest BCUT2D eigenvalue weighted by molar-refractivity contribution is 14.0. The second kappa shape index (κ2) is 12.2. The Morgan fingerprint density at radius 1 is 1.44 bits per heavy atom. The molecule has 9 heteroatoms. The van der Waals surface area contributed by atoms with Crippen LogP contribution in [0.3, 0.4) is 0 Å². The van der Waals surface area contributed by atoms with Crippen molar-refractivity contribution in [1.82, 2.24) is 15.5 Å². The van der Waals surface area contributed by atoms with E-state index < -0.39 is 0 Å². The molecule has 1 fully saturated rings. The highest BCUT2D eigenvalue weighted by Crippen LogP contribution is 2.18. The molecule has 0 spiro atoms. The molecule has 1 aromatic carbocycles. The highest BCUT2D eigenvalue weighted by Gasteiger charge is 2.21. The first-order valence-electron chi connectivity index (χ1n) is 8.86. The van der Waals surface area contributed by atoms with E-state index in [1.807, 2.05) is 25.1 Å². The number of nitrogens with zero attached hydrogens (tertiary/aromatic N) is 2. The standard InChI is InChI=1S/C18H28ClN5O2.HI/c1-13(26-16-5-3-4-14(19)10-16)11-22-18(21-2)23-15-6-8-24(9-7-15)12-17(20)25;/h3-5,10,13,15H,6-9,11-12H2,1-2H3,(H2,20,25)(H2,21,22,23);1H. The molecule has 1 saturated heterocycles. The van der Waals surface area contributed by atoms with Crippen LogP contribution in [0.5, 0.6) is 5.75 Å². The van der Waals surface area contributed by atoms with Gasteiger partial charge in [-0.15, -0.1) is 24.0 Å². The molecule has 4 N–H and O–H groups in total. The van der Waals surface area contributed by atoms with Crippen molar-refractivity contribution in [2.45, 2.75) is 31.9 Å². The van der Waals surface area contributed by atoms with Gasteiger partial charge in [0.15, 0.2) is 5.96 Å². The quantitative estimate of drug-likeness (QED) is 0.296. The number of hydrogen-bond donors (Lipinski definition) is 3. The van der Waals surface area contributed by atoms with Crippen LogP contribution in [0.4, 0.5) is 0 Å². The number of rotatable bonds is 7. The molecule has 0 aromatic heterocycles. The number of amides is 1. The van der Waals surface area contributed by atoms with Crippen LogP contribution in [0.25, 0.3) is 0 Å². The van der Waals surface area contributed by atoms with Crippen molar-refractivity contribution in [2.75, 3.05) is 33.2 Å². The molecule has 0 aliphatic carbocycles. The van der Waals surface area contributed by atoms with E-state index in [1.54, 1.807) is 13.1 Å². The fraction of sp³-hybridized carbons (Fsp3) is 0.556. The Kier molecular flexibility index (Phi) is 10.8. The molecular weight excluding hydrogens is 481 g/mol. The van der Waals surface area contributed by atoms with Crippen LogP contribution in [0.1, 0.15) is 19.8 Å². The molecule has 1 amide bonds. The molecule has 27 heavy (non-hydrogen) atoms. The first kappa shape index (κ1) is 23.8. The third-order valence-electron chi connectivity index (χ3n) is 4.22. The molecule has 0 radical (unpaired) electrons. The molecule has 1 heterocycles. The van der Waals surface area contributed by atoms with Crippen molar-refractivity contribution in [3.63, 3.8) is 0 Å². The lowest BCUT2D eigenvalue weighted by Gasteiger charge is -2.32. The fourth-order valence-electron chi connectivity index (χ4n) is 2.90. The van der Waals surface area contributed by atoms with Crippen LogP contribution in [-0.4, -0.2) is 62.1 Å². The van der Waals surface area contributed by atoms with Gasteiger partial charge in [-0.1, -0.05) is 17.7 Å². The number of nitrogens with one attached hydrogen (secondary N) is 2. The third kappa shape index (κ3) is 8.98. The normalized spacial score (nSPS) is 16.9. The number of halogens is 2. The number of guanidine groups is 1. The number of carbonyl (C=O) groups is 1. The van der Waals surface area contributed by atoms with Crippen LogP contribution in [0.2, 0.25) is 5.02 Å². The fourth-order valence-corrected chi connectivity index (χ4v) is 3.08. The Morgan fingerprint density at radius 2 is 2.15 bits per heavy atom. The van der Waals surface area contributed by atoms with Crippen LogP contribution in [-0.2, 0) is 4.79 Å². The molecule has 1 aliphatic rings. The molecule has 1 aromatic rings. The predicted molar refractivity (Wildman–Crippen MR) is 120 cm³/mol. The van der Waals surface area contributed by atoms with Gasteiger partial charge in [0.05, 0.1) is 13.1 Å². The summed E-state index contributed by atoms with van der Waals surface area (Å²) in [6.07, 6.45) is 1.86. The van der Waals surface area contributed by atoms with Crippen molar-refractivity contribution < 1.29 is 9.53 Å². The number of primary amides is 1. The van der Waals surface area contributed by atoms with Crippen molar-refractivity contribution in [3.05, 3.63) is 29.3 Å². The maximum Gasteiger partial charge on any atom is 0.231 e. The Balaban J connectivity index is 0.00000364. The molecule has 0 bridgehead atoms. The van der Waals surface area contributed by atoms with Crippen LogP contribution < -0.4 is 21.1 Å². The minimum atomic E-state index is -0.275. The van der Waals surface area contributed by atoms with E-state index in [2.05, 4.69) is 20.5 Å². The molecule has 1 atom stereocenters. The number of carbonyl (C=O) groups excluding carboxylic acids is 1. The second-order valence-electron chi connectivity index (χ2n) is 6.50. The van der Waals surface area contributed by atoms with Crippen molar-refractivity contribution in [3.8, 4) is 5.75 Å². The van der Waals surface area contributed by atoms with E-state index in [1.165, 1.54) is 0 Å². The number of piperidine rings is 1. The molecule has 0 saturated carbocycles. The van der Waals surface area contributed by atoms with E-state index in [-0.39, 0.29) is 36.0 Å². The summed E-state index contributed by atoms with van der Waals surface area (Å²) in [6, 6.07) is 7.69. The van der Waals surface area contributed by atoms with Crippen molar-refractivity contribution in [2.24, 2.45) is 10.7 Å². The lowest BCUT2D eigenvalue weighted by molar-refractivity contribution is -0.119. The number of hydrogen-bond acceptors (Lipinski definition) is 4. The van der Waals surface area contributed by atoms with Gasteiger partial charge in [-0.25, -0.2) is 0 Å². The smallest absolute Gasteiger partial charge is 0.231 e. The first-order chi connectivity index (χ1) is 12.5. The molecule has 1 aliphatic heterocycles. The van der Waals surface area contributed by atoms with Gasteiger partial charge < -0.3 is 21.1 Å². The SMILES string of the molecule is CN=C(NCC(C)Oc1cccc(Cl)c1)NC1CCN(CC(N)=O)CC1.I. The van der Waals surface area contributed by atoms with Crippen LogP contribution in [0.15, 0.2) is 29.3 Å². The summed E-state index contributed by atoms with van der Waals surface area (Å²) in [6.45, 7) is 4.64. The Morgan fingerprint density at radius 3 is 2.74 bits per heavy atom. The lowest BCUT2D eigenvalue weighted by Crippen LogP contribution is -2.50. The summed E-state index contributed by atoms with van der Waals surface area (Å²) >= 11 is 5.97. The van der Waals surface area contributed by atoms with Gasteiger partial charge in [0.1, 0.15) is 11.9 Å². The summed E-state index contributed by atoms with van der Waals surface area (Å²) in [7, 11) is 1.75. The minimum absolute atomic E-state index is 0. The van der Waals surface area contributed by atoms with Gasteiger partial charge in [0.2, 0.25) is 5.91 Å². The van der Waals surface area contributed by atoms with Crippen molar-refractivity contribution in [1.29, 1.82) is 0 Å². The summed E-state index contributed by atoms with van der Waals surface area (Å²) in [5.41, 5.74) is 5.25. The average Bonchev–Trinajstić information content (AvgIpc) is 2.59. The maximum absolute atomic E-state index is 11.0. The maximum atomic E-state index is 11.0. The molecular formula is C18H29ClIN5O2. The van der Waals surface area contributed by atoms with E-state index in [9.17, 15) is 4.79 Å². The molecule has 2 rings (SSSR count). The third-order valence-corrected chi connectivity index (χ3v) is 4.46. The molecule has 1 unspecified atom stereocenters. The van der Waals surface area contributed by atoms with E-state index >= 15 is 0 Å². The summed E-state index contributed by atoms with van der Waals surface area (Å²) < 4.78 is 5.85. The monoisotopic (exact) mass is 509 g/mol. The van der Waals surface area contributed by atoms with Gasteiger partial charge in [-0.05, 0) is 38.0 Å². The number of aliphatic imine (C=N–C) groups is 1. The first-order valence-corrected chi connectivity index (χ1v) is 9.24. The zero-order chi connectivity index (χ0) is 18.9. The zero-order valence-electron chi connectivity index (χ0n) is 15.8. The van der Waals surface area contributed by atoms with Crippen LogP contribution in [0, 0.1) is 0 Å². The van der Waals surface area contributed by atoms with Gasteiger partial charge in [0, 0.05) is 31.2 Å². The number of likely N-dealkylation sites (tertiary alicyclic amines) is 1. The zero-order valence-corrected chi connectivity index (χ0v) is 18.9. The van der Waals surface area contributed by atoms with Crippen molar-refractivity contribution >= 4 is 47.4 Å². The summed E-state index contributed by atoms with van der Waals surface area (Å²) in [5.74, 6) is 1.22. The van der Waals surface area contributed by atoms with Gasteiger partial charge in [-0.3, -0.25) is 14.7 Å². The van der Waals surface area contributed by atoms with Gasteiger partial charge in [0.25, 0.3) is 0 Å². The van der Waals surface area contributed by atoms with E-state index in [0.717, 1.165) is 37.6 Å². The number of benzene rings is 1. The van der Waals surface area contributed by atoms with E-state index in [4.69, 9.17) is 22.1 Å². The topological polar surface area (TPSA) is 92.0 Å². The average molecular weight is 510 g/mol. The minimum Gasteiger partial charge on any atom is -0.489 e. The van der Waals surface area contributed by atoms with Gasteiger partial charge >= 0.3 is 0 Å². The molecule has 7 nitrogen and oxygen atoms in total. The number of ether oxygens (including phenoxy) is 1. The summed E-state index contributed by atoms with van der Waals surface area (Å²) in [5, 5.41) is 7.37. The Labute approximate surface area is 183 Å². The van der Waals surface area contributed by atoms with E-state index in [0.29, 0.717) is 24.2 Å².